The van der Waals surface area contributed by atoms with Crippen LogP contribution in [-0.2, 0) is 0 Å². The first-order chi connectivity index (χ1) is 6.24. The van der Waals surface area contributed by atoms with E-state index in [0.29, 0.717) is 6.54 Å². The van der Waals surface area contributed by atoms with Crippen LogP contribution in [0.15, 0.2) is 28.7 Å². The molecule has 0 spiro atoms. The van der Waals surface area contributed by atoms with Gasteiger partial charge in [0, 0.05) is 10.0 Å². The van der Waals surface area contributed by atoms with Crippen molar-refractivity contribution in [2.75, 3.05) is 6.54 Å². The number of phenolic OH excluding ortho intramolecular Hbond substituents is 1. The van der Waals surface area contributed by atoms with Crippen molar-refractivity contribution in [2.24, 2.45) is 5.73 Å². The quantitative estimate of drug-likeness (QED) is 0.855. The number of halogens is 1. The molecule has 0 aromatic heterocycles. The highest BCUT2D eigenvalue weighted by molar-refractivity contribution is 9.10. The molecular weight excluding hydrogens is 230 g/mol. The largest absolute Gasteiger partial charge is 0.507 e. The van der Waals surface area contributed by atoms with Crippen LogP contribution in [-0.4, -0.2) is 11.7 Å². The fourth-order valence-corrected chi connectivity index (χ4v) is 1.34. The molecule has 0 fully saturated rings. The van der Waals surface area contributed by atoms with E-state index in [1.54, 1.807) is 12.1 Å². The first-order valence-corrected chi connectivity index (χ1v) is 4.88. The van der Waals surface area contributed by atoms with Crippen LogP contribution in [0.5, 0.6) is 5.75 Å². The average Bonchev–Trinajstić information content (AvgIpc) is 2.11. The maximum Gasteiger partial charge on any atom is 0.122 e. The molecule has 1 aromatic rings. The third-order valence-corrected chi connectivity index (χ3v) is 2.11. The van der Waals surface area contributed by atoms with Crippen LogP contribution in [0, 0.1) is 0 Å². The minimum atomic E-state index is 0.288. The number of phenols is 1. The zero-order valence-corrected chi connectivity index (χ0v) is 8.79. The summed E-state index contributed by atoms with van der Waals surface area (Å²) in [6.07, 6.45) is 4.64. The van der Waals surface area contributed by atoms with Crippen LogP contribution in [0.2, 0.25) is 0 Å². The topological polar surface area (TPSA) is 46.2 Å². The molecule has 1 aromatic carbocycles. The van der Waals surface area contributed by atoms with Crippen LogP contribution in [0.3, 0.4) is 0 Å². The summed E-state index contributed by atoms with van der Waals surface area (Å²) in [5.74, 6) is 0.288. The lowest BCUT2D eigenvalue weighted by atomic mass is 10.2. The van der Waals surface area contributed by atoms with Gasteiger partial charge in [-0.1, -0.05) is 28.1 Å². The molecule has 0 bridgehead atoms. The number of aromatic hydroxyl groups is 1. The molecule has 0 amide bonds. The predicted molar refractivity (Wildman–Crippen MR) is 58.5 cm³/mol. The van der Waals surface area contributed by atoms with Crippen molar-refractivity contribution in [2.45, 2.75) is 6.42 Å². The van der Waals surface area contributed by atoms with Gasteiger partial charge in [-0.05, 0) is 31.2 Å². The Bertz CT molecular complexity index is 310. The minimum Gasteiger partial charge on any atom is -0.507 e. The summed E-state index contributed by atoms with van der Waals surface area (Å²) in [4.78, 5) is 0. The van der Waals surface area contributed by atoms with Gasteiger partial charge < -0.3 is 10.8 Å². The Kier molecular flexibility index (Phi) is 3.99. The SMILES string of the molecule is NCCC=Cc1cc(Br)ccc1O. The van der Waals surface area contributed by atoms with Crippen molar-refractivity contribution in [3.8, 4) is 5.75 Å². The van der Waals surface area contributed by atoms with Crippen molar-refractivity contribution in [3.05, 3.63) is 34.3 Å². The van der Waals surface area contributed by atoms with Gasteiger partial charge in [-0.25, -0.2) is 0 Å². The van der Waals surface area contributed by atoms with Gasteiger partial charge in [0.2, 0.25) is 0 Å². The van der Waals surface area contributed by atoms with Crippen molar-refractivity contribution in [3.63, 3.8) is 0 Å². The van der Waals surface area contributed by atoms with Crippen LogP contribution >= 0.6 is 15.9 Å². The van der Waals surface area contributed by atoms with Crippen molar-refractivity contribution < 1.29 is 5.11 Å². The zero-order chi connectivity index (χ0) is 9.68. The van der Waals surface area contributed by atoms with Crippen LogP contribution < -0.4 is 5.73 Å². The summed E-state index contributed by atoms with van der Waals surface area (Å²) in [7, 11) is 0. The minimum absolute atomic E-state index is 0.288. The van der Waals surface area contributed by atoms with E-state index in [4.69, 9.17) is 5.73 Å². The lowest BCUT2D eigenvalue weighted by Gasteiger charge is -1.98. The molecule has 0 heterocycles. The second-order valence-corrected chi connectivity index (χ2v) is 3.60. The molecule has 0 aliphatic rings. The lowest BCUT2D eigenvalue weighted by Crippen LogP contribution is -1.94. The Morgan fingerprint density at radius 2 is 2.23 bits per heavy atom. The highest BCUT2D eigenvalue weighted by Gasteiger charge is 1.96. The van der Waals surface area contributed by atoms with Gasteiger partial charge in [0.1, 0.15) is 5.75 Å². The summed E-state index contributed by atoms with van der Waals surface area (Å²) in [6.45, 7) is 0.630. The second-order valence-electron chi connectivity index (χ2n) is 2.68. The maximum atomic E-state index is 9.43. The fourth-order valence-electron chi connectivity index (χ4n) is 0.965. The van der Waals surface area contributed by atoms with E-state index < -0.39 is 0 Å². The summed E-state index contributed by atoms with van der Waals surface area (Å²) in [6, 6.07) is 5.32. The molecule has 0 unspecified atom stereocenters. The molecule has 3 N–H and O–H groups in total. The fraction of sp³-hybridized carbons (Fsp3) is 0.200. The van der Waals surface area contributed by atoms with Crippen molar-refractivity contribution >= 4 is 22.0 Å². The number of nitrogens with two attached hydrogens (primary N) is 1. The van der Waals surface area contributed by atoms with E-state index in [1.807, 2.05) is 18.2 Å². The van der Waals surface area contributed by atoms with Gasteiger partial charge in [0.05, 0.1) is 0 Å². The van der Waals surface area contributed by atoms with Gasteiger partial charge in [0.25, 0.3) is 0 Å². The van der Waals surface area contributed by atoms with Crippen LogP contribution in [0.4, 0.5) is 0 Å². The van der Waals surface area contributed by atoms with Crippen molar-refractivity contribution in [1.82, 2.24) is 0 Å². The molecule has 0 radical (unpaired) electrons. The molecule has 70 valence electrons. The Morgan fingerprint density at radius 3 is 2.92 bits per heavy atom. The van der Waals surface area contributed by atoms with Gasteiger partial charge in [0.15, 0.2) is 0 Å². The van der Waals surface area contributed by atoms with Gasteiger partial charge in [-0.2, -0.15) is 0 Å². The molecule has 13 heavy (non-hydrogen) atoms. The van der Waals surface area contributed by atoms with E-state index in [0.717, 1.165) is 16.5 Å². The first-order valence-electron chi connectivity index (χ1n) is 4.09. The Morgan fingerprint density at radius 1 is 1.46 bits per heavy atom. The van der Waals surface area contributed by atoms with Crippen molar-refractivity contribution in [1.29, 1.82) is 0 Å². The number of benzene rings is 1. The second kappa shape index (κ2) is 5.04. The molecule has 2 nitrogen and oxygen atoms in total. The van der Waals surface area contributed by atoms with Gasteiger partial charge in [-0.3, -0.25) is 0 Å². The number of rotatable bonds is 3. The Balaban J connectivity index is 2.81. The van der Waals surface area contributed by atoms with E-state index in [-0.39, 0.29) is 5.75 Å². The third kappa shape index (κ3) is 3.20. The molecule has 0 saturated carbocycles. The smallest absolute Gasteiger partial charge is 0.122 e. The van der Waals surface area contributed by atoms with E-state index in [2.05, 4.69) is 15.9 Å². The molecule has 3 heteroatoms. The van der Waals surface area contributed by atoms with Gasteiger partial charge in [-0.15, -0.1) is 0 Å². The maximum absolute atomic E-state index is 9.43. The van der Waals surface area contributed by atoms with Gasteiger partial charge >= 0.3 is 0 Å². The molecule has 0 saturated heterocycles. The molecule has 1 rings (SSSR count). The summed E-state index contributed by atoms with van der Waals surface area (Å²) in [5, 5.41) is 9.43. The van der Waals surface area contributed by atoms with Crippen LogP contribution in [0.25, 0.3) is 6.08 Å². The highest BCUT2D eigenvalue weighted by Crippen LogP contribution is 2.22. The Labute approximate surface area is 86.2 Å². The molecule has 0 aliphatic heterocycles. The summed E-state index contributed by atoms with van der Waals surface area (Å²) >= 11 is 3.34. The normalized spacial score (nSPS) is 10.9. The molecule has 0 atom stereocenters. The summed E-state index contributed by atoms with van der Waals surface area (Å²) < 4.78 is 0.956. The van der Waals surface area contributed by atoms with Crippen LogP contribution in [0.1, 0.15) is 12.0 Å². The lowest BCUT2D eigenvalue weighted by molar-refractivity contribution is 0.474. The standard InChI is InChI=1S/C10H12BrNO/c11-9-4-5-10(13)8(7-9)3-1-2-6-12/h1,3-5,7,13H,2,6,12H2. The number of hydrogen-bond donors (Lipinski definition) is 2. The number of hydrogen-bond acceptors (Lipinski definition) is 2. The third-order valence-electron chi connectivity index (χ3n) is 1.62. The average molecular weight is 242 g/mol. The van der Waals surface area contributed by atoms with E-state index in [9.17, 15) is 5.11 Å². The monoisotopic (exact) mass is 241 g/mol. The Hall–Kier alpha value is -0.800. The summed E-state index contributed by atoms with van der Waals surface area (Å²) in [5.41, 5.74) is 6.15. The zero-order valence-electron chi connectivity index (χ0n) is 7.20. The predicted octanol–water partition coefficient (Wildman–Crippen LogP) is 2.52. The molecular formula is C10H12BrNO. The first kappa shape index (κ1) is 10.3. The van der Waals surface area contributed by atoms with E-state index >= 15 is 0 Å². The van der Waals surface area contributed by atoms with E-state index in [1.165, 1.54) is 0 Å². The molecule has 0 aliphatic carbocycles. The highest BCUT2D eigenvalue weighted by atomic mass is 79.9.